The number of halogens is 1. The minimum absolute atomic E-state index is 0.298. The highest BCUT2D eigenvalue weighted by Gasteiger charge is 2.31. The summed E-state index contributed by atoms with van der Waals surface area (Å²) in [5.41, 5.74) is 0. The lowest BCUT2D eigenvalue weighted by atomic mass is 10.3. The lowest BCUT2D eigenvalue weighted by molar-refractivity contribution is -0.156. The summed E-state index contributed by atoms with van der Waals surface area (Å²) in [6.45, 7) is 3.80. The van der Waals surface area contributed by atoms with E-state index in [2.05, 4.69) is 10.2 Å². The molecular weight excluding hydrogens is 264 g/mol. The number of carbonyl (C=O) groups is 2. The van der Waals surface area contributed by atoms with Crippen LogP contribution in [0.2, 0.25) is 4.47 Å². The van der Waals surface area contributed by atoms with Crippen LogP contribution in [0, 0.1) is 0 Å². The van der Waals surface area contributed by atoms with Crippen molar-refractivity contribution < 1.29 is 9.59 Å². The topological polar surface area (TPSA) is 66.4 Å². The van der Waals surface area contributed by atoms with Crippen molar-refractivity contribution in [3.63, 3.8) is 0 Å². The molecule has 0 aliphatic carbocycles. The van der Waals surface area contributed by atoms with Gasteiger partial charge in [-0.05, 0) is 18.5 Å². The summed E-state index contributed by atoms with van der Waals surface area (Å²) in [6.07, 6.45) is 0. The molecule has 0 N–H and O–H groups in total. The molecule has 1 aliphatic heterocycles. The molecule has 92 valence electrons. The quantitative estimate of drug-likeness (QED) is 0.748. The number of rotatable bonds is 3. The number of carbonyl (C=O) groups excluding carboxylic acids is 2. The maximum Gasteiger partial charge on any atom is 0.312 e. The third-order valence-electron chi connectivity index (χ3n) is 2.55. The van der Waals surface area contributed by atoms with Crippen molar-refractivity contribution in [2.24, 2.45) is 0 Å². The van der Waals surface area contributed by atoms with Gasteiger partial charge in [-0.3, -0.25) is 9.59 Å². The molecule has 6 nitrogen and oxygen atoms in total. The Kier molecular flexibility index (Phi) is 3.58. The van der Waals surface area contributed by atoms with Crippen LogP contribution in [0.25, 0.3) is 0 Å². The van der Waals surface area contributed by atoms with Crippen LogP contribution in [0.3, 0.4) is 0 Å². The molecule has 17 heavy (non-hydrogen) atoms. The van der Waals surface area contributed by atoms with Gasteiger partial charge >= 0.3 is 11.8 Å². The van der Waals surface area contributed by atoms with Gasteiger partial charge in [0.2, 0.25) is 4.47 Å². The zero-order valence-electron chi connectivity index (χ0n) is 9.22. The van der Waals surface area contributed by atoms with Crippen LogP contribution in [0.4, 0.5) is 0 Å². The molecule has 0 atom stereocenters. The minimum Gasteiger partial charge on any atom is -0.333 e. The van der Waals surface area contributed by atoms with Gasteiger partial charge in [-0.15, -0.1) is 10.2 Å². The molecule has 2 amide bonds. The summed E-state index contributed by atoms with van der Waals surface area (Å²) in [5, 5.41) is 8.12. The van der Waals surface area contributed by atoms with Crippen LogP contribution < -0.4 is 0 Å². The minimum atomic E-state index is -0.482. The second-order valence-corrected chi connectivity index (χ2v) is 5.20. The molecule has 1 aromatic heterocycles. The number of likely N-dealkylation sites (N-methyl/N-ethyl adjacent to an activating group) is 1. The number of aromatic nitrogens is 2. The Morgan fingerprint density at radius 3 is 2.47 bits per heavy atom. The number of hydrogen-bond acceptors (Lipinski definition) is 5. The molecular formula is C9H11ClN4O2S. The predicted octanol–water partition coefficient (Wildman–Crippen LogP) is 0.382. The molecule has 0 unspecified atom stereocenters. The third-order valence-corrected chi connectivity index (χ3v) is 3.55. The fourth-order valence-electron chi connectivity index (χ4n) is 1.63. The highest BCUT2D eigenvalue weighted by atomic mass is 35.5. The summed E-state index contributed by atoms with van der Waals surface area (Å²) in [4.78, 5) is 26.4. The van der Waals surface area contributed by atoms with Crippen molar-refractivity contribution in [3.05, 3.63) is 9.47 Å². The molecule has 0 bridgehead atoms. The van der Waals surface area contributed by atoms with E-state index in [9.17, 15) is 9.59 Å². The number of hydrogen-bond donors (Lipinski definition) is 0. The van der Waals surface area contributed by atoms with Crippen molar-refractivity contribution in [2.45, 2.75) is 13.5 Å². The molecule has 0 saturated carbocycles. The lowest BCUT2D eigenvalue weighted by Crippen LogP contribution is -2.53. The molecule has 1 fully saturated rings. The van der Waals surface area contributed by atoms with Crippen LogP contribution in [-0.4, -0.2) is 51.4 Å². The maximum atomic E-state index is 11.8. The SMILES string of the molecule is CCN1CCN(Cc2nnc(Cl)s2)C(=O)C1=O. The Labute approximate surface area is 107 Å². The largest absolute Gasteiger partial charge is 0.333 e. The summed E-state index contributed by atoms with van der Waals surface area (Å²) in [6, 6.07) is 0. The van der Waals surface area contributed by atoms with Crippen LogP contribution in [0.5, 0.6) is 0 Å². The molecule has 0 spiro atoms. The van der Waals surface area contributed by atoms with Gasteiger partial charge in [0.25, 0.3) is 0 Å². The van der Waals surface area contributed by atoms with Gasteiger partial charge in [-0.25, -0.2) is 0 Å². The van der Waals surface area contributed by atoms with E-state index in [1.165, 1.54) is 21.1 Å². The highest BCUT2D eigenvalue weighted by molar-refractivity contribution is 7.15. The van der Waals surface area contributed by atoms with E-state index in [1.807, 2.05) is 6.92 Å². The van der Waals surface area contributed by atoms with Gasteiger partial charge in [0.15, 0.2) is 0 Å². The Morgan fingerprint density at radius 2 is 1.88 bits per heavy atom. The summed E-state index contributed by atoms with van der Waals surface area (Å²) in [5.74, 6) is -0.932. The first kappa shape index (κ1) is 12.3. The van der Waals surface area contributed by atoms with Gasteiger partial charge in [0, 0.05) is 19.6 Å². The van der Waals surface area contributed by atoms with E-state index in [0.717, 1.165) is 0 Å². The first-order valence-electron chi connectivity index (χ1n) is 5.18. The van der Waals surface area contributed by atoms with Crippen molar-refractivity contribution in [1.82, 2.24) is 20.0 Å². The molecule has 2 rings (SSSR count). The van der Waals surface area contributed by atoms with Crippen LogP contribution in [-0.2, 0) is 16.1 Å². The van der Waals surface area contributed by atoms with Gasteiger partial charge in [-0.2, -0.15) is 0 Å². The van der Waals surface area contributed by atoms with Gasteiger partial charge < -0.3 is 9.80 Å². The molecule has 0 radical (unpaired) electrons. The highest BCUT2D eigenvalue weighted by Crippen LogP contribution is 2.17. The molecule has 8 heteroatoms. The zero-order chi connectivity index (χ0) is 12.4. The standard InChI is InChI=1S/C9H11ClN4O2S/c1-2-13-3-4-14(8(16)7(13)15)5-6-11-12-9(10)17-6/h2-5H2,1H3. The number of nitrogens with zero attached hydrogens (tertiary/aromatic N) is 4. The summed E-state index contributed by atoms with van der Waals surface area (Å²) in [7, 11) is 0. The lowest BCUT2D eigenvalue weighted by Gasteiger charge is -2.32. The van der Waals surface area contributed by atoms with Gasteiger partial charge in [-0.1, -0.05) is 11.3 Å². The van der Waals surface area contributed by atoms with Crippen LogP contribution >= 0.6 is 22.9 Å². The van der Waals surface area contributed by atoms with E-state index in [0.29, 0.717) is 35.7 Å². The number of piperazine rings is 1. The average Bonchev–Trinajstić information content (AvgIpc) is 2.71. The smallest absolute Gasteiger partial charge is 0.312 e. The van der Waals surface area contributed by atoms with Crippen molar-refractivity contribution in [2.75, 3.05) is 19.6 Å². The zero-order valence-corrected chi connectivity index (χ0v) is 10.8. The van der Waals surface area contributed by atoms with E-state index >= 15 is 0 Å². The van der Waals surface area contributed by atoms with Crippen LogP contribution in [0.1, 0.15) is 11.9 Å². The molecule has 1 saturated heterocycles. The second kappa shape index (κ2) is 4.97. The predicted molar refractivity (Wildman–Crippen MR) is 62.6 cm³/mol. The van der Waals surface area contributed by atoms with E-state index < -0.39 is 11.8 Å². The van der Waals surface area contributed by atoms with E-state index in [-0.39, 0.29) is 0 Å². The monoisotopic (exact) mass is 274 g/mol. The van der Waals surface area contributed by atoms with E-state index in [1.54, 1.807) is 0 Å². The second-order valence-electron chi connectivity index (χ2n) is 3.56. The first-order chi connectivity index (χ1) is 8.11. The summed E-state index contributed by atoms with van der Waals surface area (Å²) >= 11 is 6.87. The Morgan fingerprint density at radius 1 is 1.24 bits per heavy atom. The first-order valence-corrected chi connectivity index (χ1v) is 6.37. The average molecular weight is 275 g/mol. The summed E-state index contributed by atoms with van der Waals surface area (Å²) < 4.78 is 0.339. The fraction of sp³-hybridized carbons (Fsp3) is 0.556. The van der Waals surface area contributed by atoms with Gasteiger partial charge in [0.1, 0.15) is 5.01 Å². The van der Waals surface area contributed by atoms with Gasteiger partial charge in [0.05, 0.1) is 6.54 Å². The van der Waals surface area contributed by atoms with E-state index in [4.69, 9.17) is 11.6 Å². The maximum absolute atomic E-state index is 11.8. The Hall–Kier alpha value is -1.21. The Bertz CT molecular complexity index is 450. The molecule has 0 aromatic carbocycles. The normalized spacial score (nSPS) is 16.8. The van der Waals surface area contributed by atoms with Crippen LogP contribution in [0.15, 0.2) is 0 Å². The Balaban J connectivity index is 2.04. The molecule has 1 aliphatic rings. The number of amides is 2. The van der Waals surface area contributed by atoms with Crippen molar-refractivity contribution >= 4 is 34.8 Å². The molecule has 2 heterocycles. The molecule has 1 aromatic rings. The third kappa shape index (κ3) is 2.55. The van der Waals surface area contributed by atoms with Crippen molar-refractivity contribution in [3.8, 4) is 0 Å². The fourth-order valence-corrected chi connectivity index (χ4v) is 2.51. The van der Waals surface area contributed by atoms with Crippen molar-refractivity contribution in [1.29, 1.82) is 0 Å².